The Morgan fingerprint density at radius 1 is 1.10 bits per heavy atom. The second-order valence-electron chi connectivity index (χ2n) is 5.26. The molecule has 1 rings (SSSR count). The van der Waals surface area contributed by atoms with Crippen LogP contribution < -0.4 is 10.1 Å². The second-order valence-corrected chi connectivity index (χ2v) is 5.26. The van der Waals surface area contributed by atoms with Crippen molar-refractivity contribution in [3.05, 3.63) is 24.3 Å². The van der Waals surface area contributed by atoms with Crippen molar-refractivity contribution < 1.29 is 9.53 Å². The van der Waals surface area contributed by atoms with E-state index in [1.807, 2.05) is 24.3 Å². The van der Waals surface area contributed by atoms with Crippen molar-refractivity contribution in [2.24, 2.45) is 0 Å². The molecule has 0 bridgehead atoms. The van der Waals surface area contributed by atoms with E-state index >= 15 is 0 Å². The predicted molar refractivity (Wildman–Crippen MR) is 87.9 cm³/mol. The number of nitrogens with zero attached hydrogens (tertiary/aromatic N) is 1. The van der Waals surface area contributed by atoms with E-state index in [-0.39, 0.29) is 5.91 Å². The van der Waals surface area contributed by atoms with Crippen LogP contribution in [0.25, 0.3) is 0 Å². The number of nitrogens with one attached hydrogen (secondary N) is 1. The van der Waals surface area contributed by atoms with Gasteiger partial charge in [0.1, 0.15) is 5.75 Å². The molecule has 0 atom stereocenters. The lowest BCUT2D eigenvalue weighted by Crippen LogP contribution is -2.34. The van der Waals surface area contributed by atoms with Gasteiger partial charge >= 0.3 is 0 Å². The molecule has 0 heterocycles. The van der Waals surface area contributed by atoms with Crippen LogP contribution in [-0.4, -0.2) is 37.6 Å². The molecule has 0 aliphatic carbocycles. The fourth-order valence-electron chi connectivity index (χ4n) is 2.11. The Kier molecular flexibility index (Phi) is 8.51. The van der Waals surface area contributed by atoms with Crippen molar-refractivity contribution in [2.45, 2.75) is 39.5 Å². The van der Waals surface area contributed by atoms with Crippen LogP contribution in [0, 0.1) is 0 Å². The van der Waals surface area contributed by atoms with Crippen molar-refractivity contribution in [3.8, 4) is 5.75 Å². The summed E-state index contributed by atoms with van der Waals surface area (Å²) in [5, 5.41) is 2.94. The predicted octanol–water partition coefficient (Wildman–Crippen LogP) is 3.54. The molecule has 0 saturated heterocycles. The molecule has 0 fully saturated rings. The Balaban J connectivity index is 2.47. The molecule has 1 amide bonds. The third-order valence-corrected chi connectivity index (χ3v) is 3.40. The number of rotatable bonds is 10. The number of benzene rings is 1. The average molecular weight is 292 g/mol. The maximum absolute atomic E-state index is 12.1. The normalized spacial score (nSPS) is 10.7. The van der Waals surface area contributed by atoms with Gasteiger partial charge in [-0.25, -0.2) is 0 Å². The Morgan fingerprint density at radius 3 is 2.14 bits per heavy atom. The fourth-order valence-corrected chi connectivity index (χ4v) is 2.11. The standard InChI is InChI=1S/C17H28N2O2/c1-4-6-12-19(13-7-5-2)14-17(20)18-15-8-10-16(21-3)11-9-15/h8-11H,4-7,12-14H2,1-3H3,(H,18,20). The molecule has 0 unspecified atom stereocenters. The van der Waals surface area contributed by atoms with E-state index in [9.17, 15) is 4.79 Å². The monoisotopic (exact) mass is 292 g/mol. The molecule has 0 aliphatic heterocycles. The van der Waals surface area contributed by atoms with Crippen LogP contribution in [0.1, 0.15) is 39.5 Å². The van der Waals surface area contributed by atoms with Gasteiger partial charge in [0.15, 0.2) is 0 Å². The van der Waals surface area contributed by atoms with Gasteiger partial charge in [-0.3, -0.25) is 9.69 Å². The third-order valence-electron chi connectivity index (χ3n) is 3.40. The summed E-state index contributed by atoms with van der Waals surface area (Å²) < 4.78 is 5.11. The van der Waals surface area contributed by atoms with E-state index in [1.54, 1.807) is 7.11 Å². The van der Waals surface area contributed by atoms with Gasteiger partial charge in [-0.05, 0) is 50.2 Å². The first-order valence-corrected chi connectivity index (χ1v) is 7.85. The van der Waals surface area contributed by atoms with Gasteiger partial charge in [-0.1, -0.05) is 26.7 Å². The number of unbranched alkanes of at least 4 members (excludes halogenated alkanes) is 2. The lowest BCUT2D eigenvalue weighted by Gasteiger charge is -2.21. The van der Waals surface area contributed by atoms with E-state index in [0.29, 0.717) is 6.54 Å². The molecule has 0 aliphatic rings. The number of hydrogen-bond donors (Lipinski definition) is 1. The zero-order valence-electron chi connectivity index (χ0n) is 13.5. The fraction of sp³-hybridized carbons (Fsp3) is 0.588. The van der Waals surface area contributed by atoms with Crippen molar-refractivity contribution in [1.82, 2.24) is 4.90 Å². The largest absolute Gasteiger partial charge is 0.497 e. The van der Waals surface area contributed by atoms with Gasteiger partial charge in [0, 0.05) is 5.69 Å². The molecule has 0 radical (unpaired) electrons. The Bertz CT molecular complexity index is 396. The highest BCUT2D eigenvalue weighted by Crippen LogP contribution is 2.14. The van der Waals surface area contributed by atoms with E-state index in [1.165, 1.54) is 0 Å². The van der Waals surface area contributed by atoms with E-state index in [4.69, 9.17) is 4.74 Å². The number of ether oxygens (including phenoxy) is 1. The smallest absolute Gasteiger partial charge is 0.238 e. The van der Waals surface area contributed by atoms with Crippen molar-refractivity contribution in [2.75, 3.05) is 32.1 Å². The van der Waals surface area contributed by atoms with Crippen LogP contribution in [0.2, 0.25) is 0 Å². The molecule has 0 spiro atoms. The van der Waals surface area contributed by atoms with Gasteiger partial charge in [0.2, 0.25) is 5.91 Å². The summed E-state index contributed by atoms with van der Waals surface area (Å²) in [4.78, 5) is 14.4. The highest BCUT2D eigenvalue weighted by atomic mass is 16.5. The lowest BCUT2D eigenvalue weighted by atomic mass is 10.2. The van der Waals surface area contributed by atoms with Crippen LogP contribution in [0.3, 0.4) is 0 Å². The van der Waals surface area contributed by atoms with Crippen LogP contribution in [0.5, 0.6) is 5.75 Å². The van der Waals surface area contributed by atoms with Gasteiger partial charge in [-0.15, -0.1) is 0 Å². The minimum Gasteiger partial charge on any atom is -0.497 e. The Morgan fingerprint density at radius 2 is 1.67 bits per heavy atom. The summed E-state index contributed by atoms with van der Waals surface area (Å²) in [6, 6.07) is 7.42. The zero-order valence-corrected chi connectivity index (χ0v) is 13.5. The first-order valence-electron chi connectivity index (χ1n) is 7.85. The average Bonchev–Trinajstić information content (AvgIpc) is 2.50. The first kappa shape index (κ1) is 17.5. The number of methoxy groups -OCH3 is 1. The number of carbonyl (C=O) groups excluding carboxylic acids is 1. The second kappa shape index (κ2) is 10.2. The summed E-state index contributed by atoms with van der Waals surface area (Å²) in [7, 11) is 1.63. The molecule has 1 aromatic rings. The van der Waals surface area contributed by atoms with E-state index < -0.39 is 0 Å². The number of amides is 1. The SMILES string of the molecule is CCCCN(CCCC)CC(=O)Nc1ccc(OC)cc1. The topological polar surface area (TPSA) is 41.6 Å². The van der Waals surface area contributed by atoms with Crippen LogP contribution in [0.15, 0.2) is 24.3 Å². The zero-order chi connectivity index (χ0) is 15.5. The maximum atomic E-state index is 12.1. The molecular formula is C17H28N2O2. The molecular weight excluding hydrogens is 264 g/mol. The highest BCUT2D eigenvalue weighted by Gasteiger charge is 2.10. The van der Waals surface area contributed by atoms with Crippen molar-refractivity contribution >= 4 is 11.6 Å². The summed E-state index contributed by atoms with van der Waals surface area (Å²) in [5.74, 6) is 0.841. The molecule has 4 nitrogen and oxygen atoms in total. The first-order chi connectivity index (χ1) is 10.2. The van der Waals surface area contributed by atoms with Gasteiger partial charge in [0.05, 0.1) is 13.7 Å². The van der Waals surface area contributed by atoms with Crippen molar-refractivity contribution in [3.63, 3.8) is 0 Å². The molecule has 1 aromatic carbocycles. The Labute approximate surface area is 128 Å². The van der Waals surface area contributed by atoms with Crippen LogP contribution in [0.4, 0.5) is 5.69 Å². The molecule has 21 heavy (non-hydrogen) atoms. The van der Waals surface area contributed by atoms with E-state index in [2.05, 4.69) is 24.1 Å². The van der Waals surface area contributed by atoms with Crippen LogP contribution >= 0.6 is 0 Å². The lowest BCUT2D eigenvalue weighted by molar-refractivity contribution is -0.117. The molecule has 0 saturated carbocycles. The molecule has 4 heteroatoms. The van der Waals surface area contributed by atoms with Crippen LogP contribution in [-0.2, 0) is 4.79 Å². The highest BCUT2D eigenvalue weighted by molar-refractivity contribution is 5.92. The summed E-state index contributed by atoms with van der Waals surface area (Å²) in [6.45, 7) is 6.80. The molecule has 0 aromatic heterocycles. The number of carbonyl (C=O) groups is 1. The van der Waals surface area contributed by atoms with Crippen molar-refractivity contribution in [1.29, 1.82) is 0 Å². The quantitative estimate of drug-likeness (QED) is 0.717. The minimum absolute atomic E-state index is 0.0485. The maximum Gasteiger partial charge on any atom is 0.238 e. The summed E-state index contributed by atoms with van der Waals surface area (Å²) >= 11 is 0. The summed E-state index contributed by atoms with van der Waals surface area (Å²) in [5.41, 5.74) is 0.812. The van der Waals surface area contributed by atoms with E-state index in [0.717, 1.165) is 50.2 Å². The third kappa shape index (κ3) is 7.14. The van der Waals surface area contributed by atoms with Gasteiger partial charge in [-0.2, -0.15) is 0 Å². The molecule has 1 N–H and O–H groups in total. The summed E-state index contributed by atoms with van der Waals surface area (Å²) in [6.07, 6.45) is 4.59. The number of hydrogen-bond acceptors (Lipinski definition) is 3. The Hall–Kier alpha value is -1.55. The van der Waals surface area contributed by atoms with Gasteiger partial charge in [0.25, 0.3) is 0 Å². The van der Waals surface area contributed by atoms with Gasteiger partial charge < -0.3 is 10.1 Å². The molecule has 118 valence electrons. The number of anilines is 1. The minimum atomic E-state index is 0.0485.